The zero-order chi connectivity index (χ0) is 20.6. The monoisotopic (exact) mass is 440 g/mol. The SMILES string of the molecule is Nc1nc(NCc2ccccc2)c2ncn([C@H]3CC[C@@](O)(CP(=O)([O-])O)C3)c2n1.[Na+]. The maximum atomic E-state index is 11.2. The van der Waals surface area contributed by atoms with Gasteiger partial charge in [-0.05, 0) is 24.8 Å². The average molecular weight is 440 g/mol. The second-order valence-corrected chi connectivity index (χ2v) is 9.10. The number of nitrogen functional groups attached to an aromatic ring is 1. The molecule has 5 N–H and O–H groups in total. The van der Waals surface area contributed by atoms with E-state index in [-0.39, 0.29) is 54.4 Å². The van der Waals surface area contributed by atoms with E-state index in [0.29, 0.717) is 29.9 Å². The molecule has 1 fully saturated rings. The van der Waals surface area contributed by atoms with Crippen molar-refractivity contribution in [2.24, 2.45) is 0 Å². The predicted molar refractivity (Wildman–Crippen MR) is 106 cm³/mol. The van der Waals surface area contributed by atoms with Crippen molar-refractivity contribution in [2.75, 3.05) is 17.2 Å². The Hall–Kier alpha value is -1.52. The number of hydrogen-bond acceptors (Lipinski definition) is 8. The number of rotatable bonds is 6. The molecule has 1 unspecified atom stereocenters. The van der Waals surface area contributed by atoms with E-state index in [1.54, 1.807) is 10.9 Å². The average Bonchev–Trinajstić information content (AvgIpc) is 3.22. The molecule has 4 rings (SSSR count). The van der Waals surface area contributed by atoms with E-state index in [1.807, 2.05) is 30.3 Å². The molecule has 0 aliphatic heterocycles. The van der Waals surface area contributed by atoms with Crippen LogP contribution in [0.15, 0.2) is 36.7 Å². The maximum Gasteiger partial charge on any atom is 1.00 e. The molecule has 1 aliphatic carbocycles. The molecule has 3 aromatic rings. The van der Waals surface area contributed by atoms with Gasteiger partial charge in [-0.3, -0.25) is 0 Å². The van der Waals surface area contributed by atoms with Gasteiger partial charge in [0.05, 0.1) is 11.9 Å². The summed E-state index contributed by atoms with van der Waals surface area (Å²) in [6, 6.07) is 9.60. The molecule has 0 amide bonds. The molecular weight excluding hydrogens is 418 g/mol. The topological polar surface area (TPSA) is 162 Å². The van der Waals surface area contributed by atoms with Gasteiger partial charge in [-0.25, -0.2) is 4.98 Å². The summed E-state index contributed by atoms with van der Waals surface area (Å²) in [7, 11) is -4.57. The summed E-state index contributed by atoms with van der Waals surface area (Å²) < 4.78 is 13.0. The van der Waals surface area contributed by atoms with Crippen LogP contribution in [0.4, 0.5) is 11.8 Å². The number of imidazole rings is 1. The van der Waals surface area contributed by atoms with Crippen molar-refractivity contribution in [3.05, 3.63) is 42.2 Å². The van der Waals surface area contributed by atoms with Crippen molar-refractivity contribution in [3.8, 4) is 0 Å². The van der Waals surface area contributed by atoms with Crippen LogP contribution in [0.1, 0.15) is 30.9 Å². The minimum atomic E-state index is -4.57. The van der Waals surface area contributed by atoms with E-state index in [2.05, 4.69) is 20.3 Å². The zero-order valence-electron chi connectivity index (χ0n) is 16.6. The van der Waals surface area contributed by atoms with Gasteiger partial charge in [0.1, 0.15) is 7.60 Å². The number of nitrogens with zero attached hydrogens (tertiary/aromatic N) is 4. The molecule has 0 radical (unpaired) electrons. The van der Waals surface area contributed by atoms with Gasteiger partial charge < -0.3 is 35.1 Å². The Morgan fingerprint density at radius 1 is 1.33 bits per heavy atom. The van der Waals surface area contributed by atoms with Gasteiger partial charge in [0.15, 0.2) is 17.0 Å². The predicted octanol–water partition coefficient (Wildman–Crippen LogP) is -1.97. The van der Waals surface area contributed by atoms with Crippen LogP contribution in [0.2, 0.25) is 0 Å². The fraction of sp³-hybridized carbons (Fsp3) is 0.389. The Labute approximate surface area is 195 Å². The molecule has 2 heterocycles. The summed E-state index contributed by atoms with van der Waals surface area (Å²) in [6.45, 7) is 0.539. The number of aliphatic hydroxyl groups is 1. The number of nitrogens with two attached hydrogens (primary N) is 1. The largest absolute Gasteiger partial charge is 1.00 e. The van der Waals surface area contributed by atoms with E-state index in [4.69, 9.17) is 10.6 Å². The van der Waals surface area contributed by atoms with Crippen LogP contribution in [0.25, 0.3) is 11.2 Å². The van der Waals surface area contributed by atoms with Crippen LogP contribution in [-0.4, -0.2) is 41.3 Å². The molecule has 2 aromatic heterocycles. The third kappa shape index (κ3) is 5.20. The van der Waals surface area contributed by atoms with Gasteiger partial charge in [0.2, 0.25) is 5.95 Å². The Morgan fingerprint density at radius 3 is 2.77 bits per heavy atom. The Bertz CT molecular complexity index is 1080. The molecule has 0 saturated heterocycles. The van der Waals surface area contributed by atoms with Crippen molar-refractivity contribution in [3.63, 3.8) is 0 Å². The number of aromatic nitrogens is 4. The third-order valence-corrected chi connectivity index (χ3v) is 6.18. The maximum absolute atomic E-state index is 11.2. The van der Waals surface area contributed by atoms with Crippen LogP contribution in [-0.2, 0) is 11.1 Å². The molecular formula is C18H22N6NaO4P. The molecule has 10 nitrogen and oxygen atoms in total. The van der Waals surface area contributed by atoms with Crippen molar-refractivity contribution in [2.45, 2.75) is 37.5 Å². The van der Waals surface area contributed by atoms with Crippen LogP contribution >= 0.6 is 7.60 Å². The molecule has 0 spiro atoms. The molecule has 1 saturated carbocycles. The minimum Gasteiger partial charge on any atom is -0.779 e. The second kappa shape index (κ2) is 8.92. The van der Waals surface area contributed by atoms with E-state index < -0.39 is 19.4 Å². The van der Waals surface area contributed by atoms with Gasteiger partial charge in [-0.15, -0.1) is 0 Å². The summed E-state index contributed by atoms with van der Waals surface area (Å²) in [5, 5.41) is 13.8. The summed E-state index contributed by atoms with van der Waals surface area (Å²) in [4.78, 5) is 33.3. The van der Waals surface area contributed by atoms with Crippen molar-refractivity contribution >= 4 is 30.5 Å². The van der Waals surface area contributed by atoms with Gasteiger partial charge in [0.25, 0.3) is 0 Å². The van der Waals surface area contributed by atoms with Crippen LogP contribution < -0.4 is 45.5 Å². The van der Waals surface area contributed by atoms with Gasteiger partial charge in [0, 0.05) is 18.7 Å². The fourth-order valence-corrected chi connectivity index (χ4v) is 4.97. The Kier molecular flexibility index (Phi) is 6.88. The van der Waals surface area contributed by atoms with E-state index in [0.717, 1.165) is 5.56 Å². The van der Waals surface area contributed by atoms with Gasteiger partial charge in [-0.2, -0.15) is 9.97 Å². The molecule has 12 heteroatoms. The summed E-state index contributed by atoms with van der Waals surface area (Å²) in [5.74, 6) is 0.588. The van der Waals surface area contributed by atoms with E-state index >= 15 is 0 Å². The first kappa shape index (κ1) is 23.1. The summed E-state index contributed by atoms with van der Waals surface area (Å²) in [6.07, 6.45) is 1.88. The van der Waals surface area contributed by atoms with Crippen LogP contribution in [0.5, 0.6) is 0 Å². The summed E-state index contributed by atoms with van der Waals surface area (Å²) in [5.41, 5.74) is 6.55. The number of fused-ring (bicyclic) bond motifs is 1. The van der Waals surface area contributed by atoms with Crippen LogP contribution in [0.3, 0.4) is 0 Å². The molecule has 1 aliphatic rings. The molecule has 1 aromatic carbocycles. The molecule has 154 valence electrons. The van der Waals surface area contributed by atoms with Gasteiger partial charge >= 0.3 is 29.6 Å². The van der Waals surface area contributed by atoms with E-state index in [9.17, 15) is 14.6 Å². The number of hydrogen-bond donors (Lipinski definition) is 4. The first-order valence-electron chi connectivity index (χ1n) is 9.25. The smallest absolute Gasteiger partial charge is 0.779 e. The Balaban J connectivity index is 0.00000256. The zero-order valence-corrected chi connectivity index (χ0v) is 19.5. The number of benzene rings is 1. The van der Waals surface area contributed by atoms with E-state index in [1.165, 1.54) is 0 Å². The first-order chi connectivity index (χ1) is 13.7. The second-order valence-electron chi connectivity index (χ2n) is 7.51. The van der Waals surface area contributed by atoms with Crippen molar-refractivity contribution in [1.29, 1.82) is 0 Å². The number of nitrogens with one attached hydrogen (secondary N) is 1. The summed E-state index contributed by atoms with van der Waals surface area (Å²) >= 11 is 0. The Morgan fingerprint density at radius 2 is 2.07 bits per heavy atom. The molecule has 3 atom stereocenters. The first-order valence-corrected chi connectivity index (χ1v) is 11.0. The quantitative estimate of drug-likeness (QED) is 0.251. The normalized spacial score (nSPS) is 23.1. The minimum absolute atomic E-state index is 0. The number of anilines is 2. The molecule has 30 heavy (non-hydrogen) atoms. The van der Waals surface area contributed by atoms with Crippen LogP contribution in [0, 0.1) is 0 Å². The fourth-order valence-electron chi connectivity index (χ4n) is 3.94. The standard InChI is InChI=1S/C18H23N6O4P.Na/c19-17-22-15(20-9-12-4-2-1-3-5-12)14-16(23-17)24(11-21-14)13-6-7-18(25,8-13)10-29(26,27)28;/h1-5,11,13,25H,6-10H2,(H2,26,27,28)(H3,19,20,22,23);/q;+1/p-1/t13-,18-;/m0./s1. The van der Waals surface area contributed by atoms with Crippen molar-refractivity contribution in [1.82, 2.24) is 19.5 Å². The third-order valence-electron chi connectivity index (χ3n) is 5.19. The molecule has 0 bridgehead atoms. The van der Waals surface area contributed by atoms with Gasteiger partial charge in [-0.1, -0.05) is 30.3 Å². The van der Waals surface area contributed by atoms with Crippen molar-refractivity contribution < 1.29 is 49.0 Å².